The number of nitrogens with zero attached hydrogens (tertiary/aromatic N) is 3. The molecule has 0 aliphatic heterocycles. The second kappa shape index (κ2) is 13.5. The molecule has 214 valence electrons. The van der Waals surface area contributed by atoms with Crippen molar-refractivity contribution in [3.8, 4) is 11.1 Å². The number of nitro benzene ring substituents is 1. The van der Waals surface area contributed by atoms with Crippen molar-refractivity contribution < 1.29 is 24.2 Å². The normalized spacial score (nSPS) is 13.9. The van der Waals surface area contributed by atoms with Crippen molar-refractivity contribution in [3.05, 3.63) is 62.7 Å². The zero-order valence-electron chi connectivity index (χ0n) is 24.3. The molecule has 0 aromatic heterocycles. The number of benzene rings is 2. The third-order valence-corrected chi connectivity index (χ3v) is 7.45. The lowest BCUT2D eigenvalue weighted by Crippen LogP contribution is -2.26. The van der Waals surface area contributed by atoms with E-state index in [-0.39, 0.29) is 10.6 Å². The van der Waals surface area contributed by atoms with Gasteiger partial charge in [-0.1, -0.05) is 75.8 Å². The number of hydrogen-bond acceptors (Lipinski definition) is 8. The van der Waals surface area contributed by atoms with Gasteiger partial charge in [0.05, 0.1) is 21.9 Å². The summed E-state index contributed by atoms with van der Waals surface area (Å²) in [4.78, 5) is 45.0. The van der Waals surface area contributed by atoms with Crippen molar-refractivity contribution >= 4 is 29.0 Å². The number of oxime groups is 2. The summed E-state index contributed by atoms with van der Waals surface area (Å²) in [7, 11) is 0. The largest absolute Gasteiger partial charge is 0.331 e. The molecule has 0 radical (unpaired) electrons. The van der Waals surface area contributed by atoms with Crippen LogP contribution in [0.5, 0.6) is 0 Å². The maximum atomic E-state index is 12.5. The lowest BCUT2D eigenvalue weighted by molar-refractivity contribution is -0.384. The van der Waals surface area contributed by atoms with Crippen LogP contribution in [-0.4, -0.2) is 28.3 Å². The second-order valence-corrected chi connectivity index (χ2v) is 10.2. The third kappa shape index (κ3) is 6.29. The maximum Gasteiger partial charge on any atom is 0.331 e. The van der Waals surface area contributed by atoms with Crippen molar-refractivity contribution in [1.82, 2.24) is 0 Å². The first-order chi connectivity index (χ1) is 19.1. The highest BCUT2D eigenvalue weighted by Crippen LogP contribution is 2.57. The number of unbranched alkanes of at least 4 members (excludes halogenated alkanes) is 2. The van der Waals surface area contributed by atoms with Crippen LogP contribution in [0.25, 0.3) is 11.1 Å². The molecule has 0 bridgehead atoms. The van der Waals surface area contributed by atoms with Crippen LogP contribution < -0.4 is 0 Å². The SMILES string of the molecule is CCCCC1(CCCC)c2cc(/C(CC)=N/OC(C)=O)ccc2-c2c([N+](=O)[O-])cc(/C(CC)=N/OC(C)=O)cc21. The number of rotatable bonds is 13. The molecule has 40 heavy (non-hydrogen) atoms. The van der Waals surface area contributed by atoms with Crippen molar-refractivity contribution in [1.29, 1.82) is 0 Å². The Labute approximate surface area is 235 Å². The van der Waals surface area contributed by atoms with Crippen LogP contribution in [0.2, 0.25) is 0 Å². The van der Waals surface area contributed by atoms with E-state index in [9.17, 15) is 19.7 Å². The first-order valence-electron chi connectivity index (χ1n) is 14.1. The van der Waals surface area contributed by atoms with E-state index in [4.69, 9.17) is 9.68 Å². The van der Waals surface area contributed by atoms with E-state index in [0.29, 0.717) is 35.4 Å². The molecule has 0 spiro atoms. The molecule has 0 N–H and O–H groups in total. The van der Waals surface area contributed by atoms with E-state index < -0.39 is 17.4 Å². The fourth-order valence-electron chi connectivity index (χ4n) is 5.58. The monoisotopic (exact) mass is 549 g/mol. The fourth-order valence-corrected chi connectivity index (χ4v) is 5.58. The van der Waals surface area contributed by atoms with Gasteiger partial charge in [-0.3, -0.25) is 10.1 Å². The molecule has 1 aliphatic carbocycles. The Bertz CT molecular complexity index is 1340. The van der Waals surface area contributed by atoms with E-state index in [1.807, 2.05) is 32.0 Å². The van der Waals surface area contributed by atoms with Gasteiger partial charge in [-0.15, -0.1) is 0 Å². The van der Waals surface area contributed by atoms with Gasteiger partial charge in [-0.05, 0) is 60.1 Å². The molecule has 1 aliphatic rings. The highest BCUT2D eigenvalue weighted by molar-refractivity contribution is 6.04. The molecule has 0 unspecified atom stereocenters. The topological polar surface area (TPSA) is 120 Å². The van der Waals surface area contributed by atoms with Crippen molar-refractivity contribution in [2.45, 2.75) is 98.3 Å². The highest BCUT2D eigenvalue weighted by atomic mass is 16.7. The Morgan fingerprint density at radius 3 is 1.82 bits per heavy atom. The molecule has 0 atom stereocenters. The molecular weight excluding hydrogens is 510 g/mol. The molecule has 0 saturated heterocycles. The lowest BCUT2D eigenvalue weighted by Gasteiger charge is -2.33. The molecule has 9 nitrogen and oxygen atoms in total. The number of carbonyl (C=O) groups is 2. The summed E-state index contributed by atoms with van der Waals surface area (Å²) in [5.41, 5.74) is 5.43. The van der Waals surface area contributed by atoms with Gasteiger partial charge in [-0.25, -0.2) is 9.59 Å². The molecular formula is C31H39N3O6. The van der Waals surface area contributed by atoms with E-state index in [0.717, 1.165) is 60.8 Å². The van der Waals surface area contributed by atoms with Crippen LogP contribution in [0.3, 0.4) is 0 Å². The molecule has 2 aromatic carbocycles. The summed E-state index contributed by atoms with van der Waals surface area (Å²) in [5.74, 6) is -1.05. The molecule has 3 rings (SSSR count). The van der Waals surface area contributed by atoms with Crippen LogP contribution in [-0.2, 0) is 24.7 Å². The number of nitro groups is 1. The van der Waals surface area contributed by atoms with Crippen LogP contribution in [0.1, 0.15) is 115 Å². The minimum absolute atomic E-state index is 0.00430. The summed E-state index contributed by atoms with van der Waals surface area (Å²) in [5, 5.41) is 20.6. The minimum Gasteiger partial charge on any atom is -0.318 e. The highest BCUT2D eigenvalue weighted by Gasteiger charge is 2.46. The fraction of sp³-hybridized carbons (Fsp3) is 0.484. The van der Waals surface area contributed by atoms with Gasteiger partial charge in [0.15, 0.2) is 0 Å². The second-order valence-electron chi connectivity index (χ2n) is 10.2. The molecule has 0 saturated carbocycles. The summed E-state index contributed by atoms with van der Waals surface area (Å²) in [6, 6.07) is 9.44. The predicted octanol–water partition coefficient (Wildman–Crippen LogP) is 7.60. The third-order valence-electron chi connectivity index (χ3n) is 7.45. The molecule has 0 fully saturated rings. The zero-order chi connectivity index (χ0) is 29.4. The summed E-state index contributed by atoms with van der Waals surface area (Å²) >= 11 is 0. The van der Waals surface area contributed by atoms with Gasteiger partial charge >= 0.3 is 11.9 Å². The van der Waals surface area contributed by atoms with Crippen molar-refractivity contribution in [2.24, 2.45) is 10.3 Å². The Balaban J connectivity index is 2.39. The predicted molar refractivity (Wildman–Crippen MR) is 156 cm³/mol. The average Bonchev–Trinajstić information content (AvgIpc) is 3.19. The molecule has 0 heterocycles. The Morgan fingerprint density at radius 2 is 1.35 bits per heavy atom. The van der Waals surface area contributed by atoms with E-state index in [1.54, 1.807) is 0 Å². The minimum atomic E-state index is -0.552. The average molecular weight is 550 g/mol. The van der Waals surface area contributed by atoms with Gasteiger partial charge in [0.25, 0.3) is 5.69 Å². The van der Waals surface area contributed by atoms with E-state index in [2.05, 4.69) is 30.2 Å². The summed E-state index contributed by atoms with van der Waals surface area (Å²) < 4.78 is 0. The van der Waals surface area contributed by atoms with Gasteiger partial charge in [0, 0.05) is 30.9 Å². The number of hydrogen-bond donors (Lipinski definition) is 0. The number of fused-ring (bicyclic) bond motifs is 3. The lowest BCUT2D eigenvalue weighted by atomic mass is 9.70. The van der Waals surface area contributed by atoms with Gasteiger partial charge in [-0.2, -0.15) is 0 Å². The van der Waals surface area contributed by atoms with Gasteiger partial charge in [0.2, 0.25) is 0 Å². The molecule has 9 heteroatoms. The smallest absolute Gasteiger partial charge is 0.318 e. The van der Waals surface area contributed by atoms with Crippen LogP contribution in [0.15, 0.2) is 40.6 Å². The standard InChI is InChI=1S/C31H39N3O6/c1-7-11-15-31(16-12-8-2)25-17-22(27(9-3)32-39-20(5)35)13-14-24(25)30-26(31)18-23(19-29(30)34(37)38)28(10-4)33-40-21(6)36/h13-14,17-19H,7-12,15-16H2,1-6H3/b32-27+,33-28+. The molecule has 0 amide bonds. The van der Waals surface area contributed by atoms with Gasteiger partial charge < -0.3 is 9.68 Å². The quantitative estimate of drug-likeness (QED) is 0.110. The van der Waals surface area contributed by atoms with Crippen LogP contribution in [0, 0.1) is 10.1 Å². The summed E-state index contributed by atoms with van der Waals surface area (Å²) in [6.45, 7) is 10.7. The summed E-state index contributed by atoms with van der Waals surface area (Å²) in [6.07, 6.45) is 6.45. The van der Waals surface area contributed by atoms with Crippen LogP contribution in [0.4, 0.5) is 5.69 Å². The first-order valence-corrected chi connectivity index (χ1v) is 14.1. The van der Waals surface area contributed by atoms with Crippen LogP contribution >= 0.6 is 0 Å². The Hall–Kier alpha value is -3.88. The Morgan fingerprint density at radius 1 is 0.825 bits per heavy atom. The van der Waals surface area contributed by atoms with E-state index >= 15 is 0 Å². The van der Waals surface area contributed by atoms with E-state index in [1.165, 1.54) is 19.9 Å². The molecule has 2 aromatic rings. The Kier molecular flexibility index (Phi) is 10.3. The zero-order valence-corrected chi connectivity index (χ0v) is 24.3. The maximum absolute atomic E-state index is 12.5. The number of carbonyl (C=O) groups excluding carboxylic acids is 2. The first kappa shape index (κ1) is 30.7. The van der Waals surface area contributed by atoms with Crippen molar-refractivity contribution in [2.75, 3.05) is 0 Å². The van der Waals surface area contributed by atoms with Crippen molar-refractivity contribution in [3.63, 3.8) is 0 Å². The van der Waals surface area contributed by atoms with Gasteiger partial charge in [0.1, 0.15) is 0 Å².